The molecule has 2 fully saturated rings. The molecule has 3 N–H and O–H groups in total. The first kappa shape index (κ1) is 39.9. The molecule has 0 saturated carbocycles. The summed E-state index contributed by atoms with van der Waals surface area (Å²) < 4.78 is 38.6. The molecule has 0 radical (unpaired) electrons. The highest BCUT2D eigenvalue weighted by Crippen LogP contribution is 2.37. The normalized spacial score (nSPS) is 17.2. The Morgan fingerprint density at radius 3 is 2.36 bits per heavy atom. The molecule has 0 bridgehead atoms. The number of fused-ring (bicyclic) bond motifs is 1. The summed E-state index contributed by atoms with van der Waals surface area (Å²) in [7, 11) is -3.78. The highest BCUT2D eigenvalue weighted by molar-refractivity contribution is 7.92. The molecule has 3 aromatic heterocycles. The number of anilines is 3. The van der Waals surface area contributed by atoms with Gasteiger partial charge in [-0.25, -0.2) is 28.4 Å². The van der Waals surface area contributed by atoms with Crippen LogP contribution >= 0.6 is 12.4 Å². The number of carbonyl (C=O) groups excluding carboxylic acids is 1. The van der Waals surface area contributed by atoms with Gasteiger partial charge in [-0.05, 0) is 54.0 Å². The van der Waals surface area contributed by atoms with Crippen LogP contribution in [0.5, 0.6) is 11.5 Å². The summed E-state index contributed by atoms with van der Waals surface area (Å²) in [5, 5.41) is 14.2. The van der Waals surface area contributed by atoms with Crippen molar-refractivity contribution in [1.29, 1.82) is 0 Å². The van der Waals surface area contributed by atoms with E-state index in [4.69, 9.17) is 9.47 Å². The number of carbonyl (C=O) groups is 1. The number of aryl methyl sites for hydroxylation is 1. The highest BCUT2D eigenvalue weighted by atomic mass is 35.5. The number of halogens is 1. The van der Waals surface area contributed by atoms with E-state index < -0.39 is 14.6 Å². The average molecular weight is 772 g/mol. The maximum atomic E-state index is 13.8. The fraction of sp³-hybridized carbons (Fsp3) is 0.543. The zero-order chi connectivity index (χ0) is 37.0. The number of hydrogen-bond donors (Lipinski definition) is 3. The lowest BCUT2D eigenvalue weighted by atomic mass is 10.2. The van der Waals surface area contributed by atoms with Gasteiger partial charge < -0.3 is 29.9 Å². The number of ether oxygens (including phenoxy) is 2. The molecule has 5 heterocycles. The second kappa shape index (κ2) is 16.8. The monoisotopic (exact) mass is 771 g/mol. The van der Waals surface area contributed by atoms with E-state index in [1.54, 1.807) is 45.3 Å². The fourth-order valence-corrected chi connectivity index (χ4v) is 7.42. The van der Waals surface area contributed by atoms with E-state index in [9.17, 15) is 13.2 Å². The van der Waals surface area contributed by atoms with E-state index in [1.165, 1.54) is 6.33 Å². The number of H-pyrrole nitrogens is 1. The smallest absolute Gasteiger partial charge is 0.239 e. The lowest BCUT2D eigenvalue weighted by Crippen LogP contribution is -2.54. The molecule has 4 aromatic rings. The molecule has 2 aliphatic rings. The molecule has 53 heavy (non-hydrogen) atoms. The molecule has 0 spiro atoms. The standard InChI is InChI=1S/C35H49N11O5S.ClH/c1-23-24(2)42-43-31(23)41-32-27-18-30(52(48,49)35(4,5)6)29(19-28(27)39-22-40-32)51-16-7-9-44-11-13-46(14-12-44)34-37-20-26(21-38-34)50-17-15-45-10-8-36-25(3)33(45)47;/h18-22,25,36H,7-17H2,1-6H3,(H2,39,40,41,42,43);1H/t25-;/m1./s1. The van der Waals surface area contributed by atoms with Crippen molar-refractivity contribution < 1.29 is 22.7 Å². The summed E-state index contributed by atoms with van der Waals surface area (Å²) in [4.78, 5) is 36.6. The van der Waals surface area contributed by atoms with Crippen LogP contribution in [0.25, 0.3) is 10.9 Å². The lowest BCUT2D eigenvalue weighted by Gasteiger charge is -2.34. The highest BCUT2D eigenvalue weighted by Gasteiger charge is 2.34. The van der Waals surface area contributed by atoms with Crippen molar-refractivity contribution in [3.8, 4) is 11.5 Å². The van der Waals surface area contributed by atoms with Crippen LogP contribution in [0.1, 0.15) is 45.4 Å². The van der Waals surface area contributed by atoms with Crippen molar-refractivity contribution in [2.45, 2.75) is 63.6 Å². The van der Waals surface area contributed by atoms with Crippen LogP contribution in [0.2, 0.25) is 0 Å². The number of amides is 1. The van der Waals surface area contributed by atoms with Gasteiger partial charge in [-0.2, -0.15) is 5.10 Å². The number of benzene rings is 1. The summed E-state index contributed by atoms with van der Waals surface area (Å²) in [6, 6.07) is 3.13. The number of nitrogens with one attached hydrogen (secondary N) is 3. The Kier molecular flexibility index (Phi) is 12.6. The predicted octanol–water partition coefficient (Wildman–Crippen LogP) is 3.29. The fourth-order valence-electron chi connectivity index (χ4n) is 6.11. The number of piperazine rings is 2. The summed E-state index contributed by atoms with van der Waals surface area (Å²) in [6.45, 7) is 17.5. The lowest BCUT2D eigenvalue weighted by molar-refractivity contribution is -0.135. The summed E-state index contributed by atoms with van der Waals surface area (Å²) >= 11 is 0. The maximum Gasteiger partial charge on any atom is 0.239 e. The maximum absolute atomic E-state index is 13.8. The number of nitrogens with zero attached hydrogens (tertiary/aromatic N) is 8. The molecule has 1 atom stereocenters. The molecule has 2 aliphatic heterocycles. The SMILES string of the molecule is Cc1[nH]nc(Nc2ncnc3cc(OCCCN4CCN(c5ncc(OCCN6CCN[C@H](C)C6=O)cn5)CC4)c(S(=O)(=O)C(C)(C)C)cc23)c1C.Cl. The van der Waals surface area contributed by atoms with Gasteiger partial charge in [0.1, 0.15) is 29.4 Å². The Balaban J connectivity index is 0.00000541. The van der Waals surface area contributed by atoms with E-state index in [0.717, 1.165) is 50.5 Å². The number of aromatic amines is 1. The van der Waals surface area contributed by atoms with Crippen molar-refractivity contribution in [3.63, 3.8) is 0 Å². The molecule has 1 amide bonds. The third kappa shape index (κ3) is 9.08. The Morgan fingerprint density at radius 2 is 1.68 bits per heavy atom. The van der Waals surface area contributed by atoms with Crippen molar-refractivity contribution >= 4 is 56.6 Å². The first-order chi connectivity index (χ1) is 24.8. The Bertz CT molecular complexity index is 1980. The van der Waals surface area contributed by atoms with Gasteiger partial charge in [-0.15, -0.1) is 12.4 Å². The molecule has 6 rings (SSSR count). The van der Waals surface area contributed by atoms with Crippen molar-refractivity contribution in [2.24, 2.45) is 0 Å². The van der Waals surface area contributed by atoms with E-state index in [0.29, 0.717) is 67.0 Å². The van der Waals surface area contributed by atoms with Gasteiger partial charge in [0.2, 0.25) is 11.9 Å². The minimum absolute atomic E-state index is 0. The Hall–Kier alpha value is -4.32. The predicted molar refractivity (Wildman–Crippen MR) is 205 cm³/mol. The average Bonchev–Trinajstić information content (AvgIpc) is 3.44. The third-order valence-corrected chi connectivity index (χ3v) is 12.1. The molecule has 1 aromatic carbocycles. The number of rotatable bonds is 13. The largest absolute Gasteiger partial charge is 0.492 e. The molecule has 2 saturated heterocycles. The van der Waals surface area contributed by atoms with Gasteiger partial charge >= 0.3 is 0 Å². The van der Waals surface area contributed by atoms with E-state index >= 15 is 0 Å². The number of aromatic nitrogens is 6. The first-order valence-corrected chi connectivity index (χ1v) is 19.2. The summed E-state index contributed by atoms with van der Waals surface area (Å²) in [6.07, 6.45) is 5.51. The zero-order valence-electron chi connectivity index (χ0n) is 31.2. The van der Waals surface area contributed by atoms with Gasteiger partial charge in [0.15, 0.2) is 21.4 Å². The van der Waals surface area contributed by atoms with Gasteiger partial charge in [0.05, 0.1) is 41.9 Å². The second-order valence-corrected chi connectivity index (χ2v) is 16.9. The van der Waals surface area contributed by atoms with E-state index in [2.05, 4.69) is 50.6 Å². The second-order valence-electron chi connectivity index (χ2n) is 14.2. The van der Waals surface area contributed by atoms with Crippen LogP contribution < -0.4 is 25.0 Å². The molecule has 0 unspecified atom stereocenters. The molecule has 0 aliphatic carbocycles. The van der Waals surface area contributed by atoms with Crippen molar-refractivity contribution in [2.75, 3.05) is 75.8 Å². The molecule has 288 valence electrons. The summed E-state index contributed by atoms with van der Waals surface area (Å²) in [5.74, 6) is 2.67. The number of hydrogen-bond acceptors (Lipinski definition) is 14. The van der Waals surface area contributed by atoms with Gasteiger partial charge in [-0.1, -0.05) is 0 Å². The van der Waals surface area contributed by atoms with Crippen LogP contribution in [0.15, 0.2) is 35.7 Å². The zero-order valence-corrected chi connectivity index (χ0v) is 32.8. The van der Waals surface area contributed by atoms with Gasteiger partial charge in [0.25, 0.3) is 0 Å². The van der Waals surface area contributed by atoms with Gasteiger partial charge in [-0.3, -0.25) is 14.8 Å². The minimum Gasteiger partial charge on any atom is -0.492 e. The minimum atomic E-state index is -3.78. The van der Waals surface area contributed by atoms with Crippen LogP contribution in [-0.4, -0.2) is 131 Å². The van der Waals surface area contributed by atoms with Crippen LogP contribution in [0.3, 0.4) is 0 Å². The Labute approximate surface area is 316 Å². The van der Waals surface area contributed by atoms with Crippen LogP contribution in [0, 0.1) is 13.8 Å². The van der Waals surface area contributed by atoms with Crippen molar-refractivity contribution in [3.05, 3.63) is 42.1 Å². The molecule has 16 nitrogen and oxygen atoms in total. The number of sulfone groups is 1. The first-order valence-electron chi connectivity index (χ1n) is 17.7. The molecule has 18 heteroatoms. The van der Waals surface area contributed by atoms with Gasteiger partial charge in [0, 0.05) is 68.5 Å². The third-order valence-electron chi connectivity index (χ3n) is 9.58. The Morgan fingerprint density at radius 1 is 0.943 bits per heavy atom. The van der Waals surface area contributed by atoms with E-state index in [1.807, 2.05) is 25.7 Å². The molecular weight excluding hydrogens is 722 g/mol. The van der Waals surface area contributed by atoms with Crippen LogP contribution in [-0.2, 0) is 14.6 Å². The summed E-state index contributed by atoms with van der Waals surface area (Å²) in [5.41, 5.74) is 2.42. The van der Waals surface area contributed by atoms with Crippen molar-refractivity contribution in [1.82, 2.24) is 45.2 Å². The van der Waals surface area contributed by atoms with Crippen LogP contribution in [0.4, 0.5) is 17.6 Å². The van der Waals surface area contributed by atoms with E-state index in [-0.39, 0.29) is 35.0 Å². The molecular formula is C35H50ClN11O5S. The quantitative estimate of drug-likeness (QED) is 0.168. The topological polar surface area (TPSA) is 184 Å².